The molecule has 1 rings (SSSR count). The average molecular weight is 200 g/mol. The molecule has 0 aromatic carbocycles. The highest BCUT2D eigenvalue weighted by molar-refractivity contribution is 4.75. The number of nitrogens with zero attached hydrogens (tertiary/aromatic N) is 1. The van der Waals surface area contributed by atoms with Crippen LogP contribution in [0.1, 0.15) is 26.2 Å². The minimum atomic E-state index is 0.802. The number of methoxy groups -OCH3 is 1. The molecule has 3 nitrogen and oxygen atoms in total. The number of hydrogen-bond acceptors (Lipinski definition) is 3. The van der Waals surface area contributed by atoms with Gasteiger partial charge in [0.15, 0.2) is 0 Å². The van der Waals surface area contributed by atoms with Crippen molar-refractivity contribution in [2.75, 3.05) is 39.9 Å². The average Bonchev–Trinajstić information content (AvgIpc) is 2.58. The van der Waals surface area contributed by atoms with Crippen LogP contribution in [0, 0.1) is 0 Å². The summed E-state index contributed by atoms with van der Waals surface area (Å²) in [5.41, 5.74) is 0. The van der Waals surface area contributed by atoms with Crippen molar-refractivity contribution in [3.63, 3.8) is 0 Å². The van der Waals surface area contributed by atoms with E-state index in [-0.39, 0.29) is 0 Å². The molecule has 0 bridgehead atoms. The zero-order valence-corrected chi connectivity index (χ0v) is 9.59. The number of ether oxygens (including phenoxy) is 1. The third-order valence-corrected chi connectivity index (χ3v) is 2.97. The second kappa shape index (κ2) is 7.21. The fourth-order valence-corrected chi connectivity index (χ4v) is 2.01. The molecule has 14 heavy (non-hydrogen) atoms. The molecule has 84 valence electrons. The molecule has 1 saturated heterocycles. The first-order valence-corrected chi connectivity index (χ1v) is 5.78. The standard InChI is InChI=1S/C11H24N2O/c1-11-5-3-8-13(11)9-7-12-6-4-10-14-2/h11-12H,3-10H2,1-2H3. The normalized spacial score (nSPS) is 23.1. The zero-order valence-electron chi connectivity index (χ0n) is 9.59. The van der Waals surface area contributed by atoms with Crippen LogP contribution in [0.2, 0.25) is 0 Å². The lowest BCUT2D eigenvalue weighted by atomic mass is 10.2. The van der Waals surface area contributed by atoms with Gasteiger partial charge in [0.05, 0.1) is 0 Å². The Morgan fingerprint density at radius 2 is 2.29 bits per heavy atom. The number of likely N-dealkylation sites (tertiary alicyclic amines) is 1. The van der Waals surface area contributed by atoms with E-state index in [4.69, 9.17) is 4.74 Å². The molecule has 1 aliphatic rings. The lowest BCUT2D eigenvalue weighted by Crippen LogP contribution is -2.34. The van der Waals surface area contributed by atoms with Gasteiger partial charge in [-0.3, -0.25) is 4.90 Å². The van der Waals surface area contributed by atoms with Crippen LogP contribution in [0.3, 0.4) is 0 Å². The number of nitrogens with one attached hydrogen (secondary N) is 1. The Morgan fingerprint density at radius 3 is 2.93 bits per heavy atom. The van der Waals surface area contributed by atoms with Crippen molar-refractivity contribution in [1.82, 2.24) is 10.2 Å². The van der Waals surface area contributed by atoms with Crippen LogP contribution in [0.4, 0.5) is 0 Å². The third-order valence-electron chi connectivity index (χ3n) is 2.97. The van der Waals surface area contributed by atoms with Gasteiger partial charge in [0.25, 0.3) is 0 Å². The van der Waals surface area contributed by atoms with Crippen LogP contribution >= 0.6 is 0 Å². The molecular weight excluding hydrogens is 176 g/mol. The molecular formula is C11H24N2O. The molecule has 1 heterocycles. The molecule has 0 amide bonds. The first kappa shape index (κ1) is 12.0. The summed E-state index contributed by atoms with van der Waals surface area (Å²) in [7, 11) is 1.76. The van der Waals surface area contributed by atoms with Crippen LogP contribution in [0.15, 0.2) is 0 Å². The minimum absolute atomic E-state index is 0.802. The van der Waals surface area contributed by atoms with E-state index in [1.807, 2.05) is 0 Å². The fourth-order valence-electron chi connectivity index (χ4n) is 2.01. The lowest BCUT2D eigenvalue weighted by Gasteiger charge is -2.20. The summed E-state index contributed by atoms with van der Waals surface area (Å²) >= 11 is 0. The summed E-state index contributed by atoms with van der Waals surface area (Å²) in [6, 6.07) is 0.802. The monoisotopic (exact) mass is 200 g/mol. The molecule has 0 aliphatic carbocycles. The second-order valence-corrected chi connectivity index (χ2v) is 4.12. The maximum atomic E-state index is 4.99. The van der Waals surface area contributed by atoms with E-state index in [0.717, 1.165) is 32.2 Å². The lowest BCUT2D eigenvalue weighted by molar-refractivity contribution is 0.193. The van der Waals surface area contributed by atoms with E-state index in [1.54, 1.807) is 7.11 Å². The predicted octanol–water partition coefficient (Wildman–Crippen LogP) is 1.10. The van der Waals surface area contributed by atoms with Crippen molar-refractivity contribution in [3.8, 4) is 0 Å². The number of hydrogen-bond donors (Lipinski definition) is 1. The molecule has 0 aromatic rings. The molecule has 1 unspecified atom stereocenters. The summed E-state index contributed by atoms with van der Waals surface area (Å²) < 4.78 is 4.99. The summed E-state index contributed by atoms with van der Waals surface area (Å²) in [6.07, 6.45) is 3.88. The fraction of sp³-hybridized carbons (Fsp3) is 1.00. The van der Waals surface area contributed by atoms with Gasteiger partial charge in [-0.05, 0) is 39.3 Å². The van der Waals surface area contributed by atoms with Crippen LogP contribution in [0.5, 0.6) is 0 Å². The Balaban J connectivity index is 1.88. The molecule has 1 atom stereocenters. The minimum Gasteiger partial charge on any atom is -0.385 e. The van der Waals surface area contributed by atoms with Gasteiger partial charge >= 0.3 is 0 Å². The highest BCUT2D eigenvalue weighted by Crippen LogP contribution is 2.14. The Hall–Kier alpha value is -0.120. The highest BCUT2D eigenvalue weighted by Gasteiger charge is 2.18. The molecule has 1 N–H and O–H groups in total. The zero-order chi connectivity index (χ0) is 10.2. The van der Waals surface area contributed by atoms with Crippen LogP contribution in [-0.2, 0) is 4.74 Å². The second-order valence-electron chi connectivity index (χ2n) is 4.12. The SMILES string of the molecule is COCCCNCCN1CCCC1C. The summed E-state index contributed by atoms with van der Waals surface area (Å²) in [6.45, 7) is 7.89. The van der Waals surface area contributed by atoms with Gasteiger partial charge in [0.1, 0.15) is 0 Å². The van der Waals surface area contributed by atoms with Crippen molar-refractivity contribution in [3.05, 3.63) is 0 Å². The van der Waals surface area contributed by atoms with Gasteiger partial charge in [0, 0.05) is 32.8 Å². The predicted molar refractivity (Wildman–Crippen MR) is 59.6 cm³/mol. The largest absolute Gasteiger partial charge is 0.385 e. The van der Waals surface area contributed by atoms with E-state index in [1.165, 1.54) is 25.9 Å². The van der Waals surface area contributed by atoms with Crippen molar-refractivity contribution < 1.29 is 4.74 Å². The number of rotatable bonds is 7. The Labute approximate surface area is 87.8 Å². The van der Waals surface area contributed by atoms with Crippen LogP contribution < -0.4 is 5.32 Å². The first-order chi connectivity index (χ1) is 6.84. The Bertz CT molecular complexity index is 141. The summed E-state index contributed by atoms with van der Waals surface area (Å²) in [5, 5.41) is 3.45. The maximum Gasteiger partial charge on any atom is 0.0474 e. The van der Waals surface area contributed by atoms with Crippen molar-refractivity contribution in [2.45, 2.75) is 32.2 Å². The Morgan fingerprint density at radius 1 is 1.43 bits per heavy atom. The van der Waals surface area contributed by atoms with Crippen LogP contribution in [-0.4, -0.2) is 50.8 Å². The molecule has 0 aromatic heterocycles. The molecule has 1 fully saturated rings. The van der Waals surface area contributed by atoms with Gasteiger partial charge in [-0.2, -0.15) is 0 Å². The molecule has 3 heteroatoms. The highest BCUT2D eigenvalue weighted by atomic mass is 16.5. The van der Waals surface area contributed by atoms with E-state index in [9.17, 15) is 0 Å². The quantitative estimate of drug-likeness (QED) is 0.623. The van der Waals surface area contributed by atoms with Crippen molar-refractivity contribution in [1.29, 1.82) is 0 Å². The maximum absolute atomic E-state index is 4.99. The van der Waals surface area contributed by atoms with Gasteiger partial charge < -0.3 is 10.1 Å². The van der Waals surface area contributed by atoms with E-state index >= 15 is 0 Å². The smallest absolute Gasteiger partial charge is 0.0474 e. The van der Waals surface area contributed by atoms with Crippen LogP contribution in [0.25, 0.3) is 0 Å². The third kappa shape index (κ3) is 4.40. The van der Waals surface area contributed by atoms with E-state index in [2.05, 4.69) is 17.1 Å². The van der Waals surface area contributed by atoms with Crippen molar-refractivity contribution in [2.24, 2.45) is 0 Å². The first-order valence-electron chi connectivity index (χ1n) is 5.78. The summed E-state index contributed by atoms with van der Waals surface area (Å²) in [4.78, 5) is 2.57. The van der Waals surface area contributed by atoms with E-state index in [0.29, 0.717) is 0 Å². The molecule has 0 spiro atoms. The van der Waals surface area contributed by atoms with Gasteiger partial charge in [-0.15, -0.1) is 0 Å². The molecule has 0 radical (unpaired) electrons. The molecule has 1 aliphatic heterocycles. The van der Waals surface area contributed by atoms with Gasteiger partial charge in [-0.1, -0.05) is 0 Å². The summed E-state index contributed by atoms with van der Waals surface area (Å²) in [5.74, 6) is 0. The van der Waals surface area contributed by atoms with Gasteiger partial charge in [0.2, 0.25) is 0 Å². The molecule has 0 saturated carbocycles. The Kier molecular flexibility index (Phi) is 6.15. The topological polar surface area (TPSA) is 24.5 Å². The van der Waals surface area contributed by atoms with Crippen molar-refractivity contribution >= 4 is 0 Å². The van der Waals surface area contributed by atoms with E-state index < -0.39 is 0 Å². The van der Waals surface area contributed by atoms with Gasteiger partial charge in [-0.25, -0.2) is 0 Å².